The summed E-state index contributed by atoms with van der Waals surface area (Å²) in [6.07, 6.45) is 9.37. The number of hydrogen-bond donors (Lipinski definition) is 0. The maximum atomic E-state index is 13.0. The quantitative estimate of drug-likeness (QED) is 0.784. The Kier molecular flexibility index (Phi) is 2.76. The summed E-state index contributed by atoms with van der Waals surface area (Å²) < 4.78 is 5.18. The van der Waals surface area contributed by atoms with Crippen molar-refractivity contribution in [3.63, 3.8) is 0 Å². The van der Waals surface area contributed by atoms with Crippen molar-refractivity contribution in [2.24, 2.45) is 17.3 Å². The molecule has 4 aliphatic carbocycles. The SMILES string of the molecule is COC(=O)C12CC3CC(C1)CC(N1Cc4ccncc4C1=O)(C3)C2. The number of rotatable bonds is 2. The van der Waals surface area contributed by atoms with Crippen LogP contribution in [-0.2, 0) is 16.1 Å². The molecule has 1 aliphatic heterocycles. The van der Waals surface area contributed by atoms with E-state index in [4.69, 9.17) is 4.74 Å². The summed E-state index contributed by atoms with van der Waals surface area (Å²) in [5, 5.41) is 0. The predicted octanol–water partition coefficient (Wildman–Crippen LogP) is 2.55. The summed E-state index contributed by atoms with van der Waals surface area (Å²) >= 11 is 0. The highest BCUT2D eigenvalue weighted by Crippen LogP contribution is 2.64. The van der Waals surface area contributed by atoms with Crippen LogP contribution in [0.15, 0.2) is 18.5 Å². The van der Waals surface area contributed by atoms with Crippen LogP contribution in [-0.4, -0.2) is 34.4 Å². The minimum absolute atomic E-state index is 0.0631. The van der Waals surface area contributed by atoms with Crippen LogP contribution in [0.4, 0.5) is 0 Å². The van der Waals surface area contributed by atoms with Gasteiger partial charge in [-0.25, -0.2) is 0 Å². The maximum Gasteiger partial charge on any atom is 0.311 e. The Morgan fingerprint density at radius 3 is 2.71 bits per heavy atom. The normalized spacial score (nSPS) is 39.2. The molecule has 2 atom stereocenters. The predicted molar refractivity (Wildman–Crippen MR) is 86.0 cm³/mol. The molecule has 1 aromatic rings. The first-order valence-electron chi connectivity index (χ1n) is 8.89. The van der Waals surface area contributed by atoms with E-state index >= 15 is 0 Å². The van der Waals surface area contributed by atoms with E-state index in [2.05, 4.69) is 9.88 Å². The van der Waals surface area contributed by atoms with Gasteiger partial charge in [-0.1, -0.05) is 0 Å². The van der Waals surface area contributed by atoms with Crippen molar-refractivity contribution in [2.75, 3.05) is 7.11 Å². The number of carbonyl (C=O) groups excluding carboxylic acids is 2. The van der Waals surface area contributed by atoms with Crippen molar-refractivity contribution >= 4 is 11.9 Å². The number of nitrogens with zero attached hydrogens (tertiary/aromatic N) is 2. The number of aromatic nitrogens is 1. The van der Waals surface area contributed by atoms with E-state index in [-0.39, 0.29) is 22.8 Å². The lowest BCUT2D eigenvalue weighted by atomic mass is 9.46. The number of fused-ring (bicyclic) bond motifs is 1. The van der Waals surface area contributed by atoms with Crippen LogP contribution < -0.4 is 0 Å². The first-order chi connectivity index (χ1) is 11.6. The molecular formula is C19H22N2O3. The average Bonchev–Trinajstić information content (AvgIpc) is 2.91. The Morgan fingerprint density at radius 1 is 1.29 bits per heavy atom. The lowest BCUT2D eigenvalue weighted by Gasteiger charge is -2.63. The van der Waals surface area contributed by atoms with Gasteiger partial charge in [-0.2, -0.15) is 0 Å². The van der Waals surface area contributed by atoms with E-state index in [9.17, 15) is 9.59 Å². The van der Waals surface area contributed by atoms with E-state index < -0.39 is 0 Å². The Bertz CT molecular complexity index is 730. The molecule has 4 bridgehead atoms. The number of pyridine rings is 1. The fraction of sp³-hybridized carbons (Fsp3) is 0.632. The summed E-state index contributed by atoms with van der Waals surface area (Å²) in [5.74, 6) is 1.12. The second kappa shape index (κ2) is 4.58. The topological polar surface area (TPSA) is 59.5 Å². The molecule has 2 unspecified atom stereocenters. The number of amides is 1. The minimum atomic E-state index is -0.369. The molecule has 0 aromatic carbocycles. The van der Waals surface area contributed by atoms with Gasteiger partial charge in [0.15, 0.2) is 0 Å². The van der Waals surface area contributed by atoms with Crippen molar-refractivity contribution in [3.05, 3.63) is 29.6 Å². The molecule has 0 N–H and O–H groups in total. The van der Waals surface area contributed by atoms with Gasteiger partial charge in [-0.3, -0.25) is 14.6 Å². The van der Waals surface area contributed by atoms with E-state index in [0.717, 1.165) is 43.2 Å². The smallest absolute Gasteiger partial charge is 0.311 e. The molecule has 0 spiro atoms. The van der Waals surface area contributed by atoms with Crippen LogP contribution in [0.1, 0.15) is 54.4 Å². The molecule has 5 aliphatic rings. The van der Waals surface area contributed by atoms with Gasteiger partial charge in [0.2, 0.25) is 0 Å². The first kappa shape index (κ1) is 14.4. The van der Waals surface area contributed by atoms with Crippen LogP contribution in [0.25, 0.3) is 0 Å². The largest absolute Gasteiger partial charge is 0.469 e. The van der Waals surface area contributed by atoms with Gasteiger partial charge < -0.3 is 9.64 Å². The van der Waals surface area contributed by atoms with E-state index in [1.54, 1.807) is 12.4 Å². The molecule has 6 rings (SSSR count). The van der Waals surface area contributed by atoms with Gasteiger partial charge in [-0.05, 0) is 62.0 Å². The van der Waals surface area contributed by atoms with Gasteiger partial charge in [-0.15, -0.1) is 0 Å². The lowest BCUT2D eigenvalue weighted by Crippen LogP contribution is -2.64. The summed E-state index contributed by atoms with van der Waals surface area (Å²) in [6, 6.07) is 1.95. The summed E-state index contributed by atoms with van der Waals surface area (Å²) in [7, 11) is 1.50. The van der Waals surface area contributed by atoms with Gasteiger partial charge >= 0.3 is 5.97 Å². The molecule has 24 heavy (non-hydrogen) atoms. The Labute approximate surface area is 141 Å². The van der Waals surface area contributed by atoms with Gasteiger partial charge in [0.1, 0.15) is 0 Å². The number of carbonyl (C=O) groups is 2. The molecule has 1 amide bonds. The van der Waals surface area contributed by atoms with Crippen molar-refractivity contribution in [1.82, 2.24) is 9.88 Å². The van der Waals surface area contributed by atoms with Gasteiger partial charge in [0, 0.05) is 24.5 Å². The van der Waals surface area contributed by atoms with Crippen LogP contribution in [0.3, 0.4) is 0 Å². The van der Waals surface area contributed by atoms with E-state index in [1.165, 1.54) is 13.5 Å². The average molecular weight is 326 g/mol. The molecule has 4 saturated carbocycles. The Morgan fingerprint density at radius 2 is 2.04 bits per heavy atom. The second-order valence-electron chi connectivity index (χ2n) is 8.38. The highest BCUT2D eigenvalue weighted by Gasteiger charge is 2.64. The third-order valence-corrected chi connectivity index (χ3v) is 6.94. The monoisotopic (exact) mass is 326 g/mol. The van der Waals surface area contributed by atoms with Crippen LogP contribution >= 0.6 is 0 Å². The molecule has 4 fully saturated rings. The zero-order valence-electron chi connectivity index (χ0n) is 14.0. The maximum absolute atomic E-state index is 13.0. The second-order valence-corrected chi connectivity index (χ2v) is 8.38. The zero-order valence-corrected chi connectivity index (χ0v) is 14.0. The minimum Gasteiger partial charge on any atom is -0.469 e. The number of methoxy groups -OCH3 is 1. The van der Waals surface area contributed by atoms with Crippen molar-refractivity contribution < 1.29 is 14.3 Å². The molecule has 5 nitrogen and oxygen atoms in total. The summed E-state index contributed by atoms with van der Waals surface area (Å²) in [5.41, 5.74) is 1.26. The Hall–Kier alpha value is -1.91. The molecule has 0 saturated heterocycles. The zero-order chi connectivity index (χ0) is 16.5. The molecule has 0 radical (unpaired) electrons. The molecule has 1 aromatic heterocycles. The summed E-state index contributed by atoms with van der Waals surface area (Å²) in [4.78, 5) is 31.8. The third-order valence-electron chi connectivity index (χ3n) is 6.94. The number of ether oxygens (including phenoxy) is 1. The van der Waals surface area contributed by atoms with Crippen molar-refractivity contribution in [1.29, 1.82) is 0 Å². The van der Waals surface area contributed by atoms with Crippen molar-refractivity contribution in [3.8, 4) is 0 Å². The first-order valence-corrected chi connectivity index (χ1v) is 8.89. The number of hydrogen-bond acceptors (Lipinski definition) is 4. The fourth-order valence-corrected chi connectivity index (χ4v) is 6.51. The fourth-order valence-electron chi connectivity index (χ4n) is 6.51. The highest BCUT2D eigenvalue weighted by atomic mass is 16.5. The molecule has 5 heteroatoms. The van der Waals surface area contributed by atoms with Crippen molar-refractivity contribution in [2.45, 2.75) is 50.6 Å². The number of esters is 1. The third kappa shape index (κ3) is 1.73. The Balaban J connectivity index is 1.55. The summed E-state index contributed by atoms with van der Waals surface area (Å²) in [6.45, 7) is 0.660. The molecule has 2 heterocycles. The standard InChI is InChI=1S/C19H22N2O3/c1-24-17(23)18-5-12-4-13(6-18)8-19(7-12,11-18)21-10-14-2-3-20-9-15(14)16(21)22/h2-3,9,12-13H,4-8,10-11H2,1H3. The van der Waals surface area contributed by atoms with Crippen LogP contribution in [0.5, 0.6) is 0 Å². The van der Waals surface area contributed by atoms with Crippen LogP contribution in [0, 0.1) is 17.3 Å². The molecular weight excluding hydrogens is 304 g/mol. The lowest BCUT2D eigenvalue weighted by molar-refractivity contribution is -0.179. The van der Waals surface area contributed by atoms with Gasteiger partial charge in [0.25, 0.3) is 5.91 Å². The highest BCUT2D eigenvalue weighted by molar-refractivity contribution is 5.98. The van der Waals surface area contributed by atoms with E-state index in [1.807, 2.05) is 6.07 Å². The van der Waals surface area contributed by atoms with Crippen LogP contribution in [0.2, 0.25) is 0 Å². The van der Waals surface area contributed by atoms with Gasteiger partial charge in [0.05, 0.1) is 18.1 Å². The van der Waals surface area contributed by atoms with E-state index in [0.29, 0.717) is 18.4 Å². The molecule has 126 valence electrons.